The van der Waals surface area contributed by atoms with Crippen molar-refractivity contribution in [1.29, 1.82) is 0 Å². The fraction of sp³-hybridized carbons (Fsp3) is 0.588. The van der Waals surface area contributed by atoms with Gasteiger partial charge in [-0.15, -0.1) is 0 Å². The van der Waals surface area contributed by atoms with Gasteiger partial charge in [0.25, 0.3) is 0 Å². The SMILES string of the molecule is COC(CN)CC(=O)N(Cc1ccccc1)C(C)C1CC1. The zero-order chi connectivity index (χ0) is 15.2. The van der Waals surface area contributed by atoms with E-state index in [0.717, 1.165) is 0 Å². The van der Waals surface area contributed by atoms with E-state index in [9.17, 15) is 4.79 Å². The molecule has 1 aliphatic carbocycles. The number of nitrogens with two attached hydrogens (primary N) is 1. The first-order valence-corrected chi connectivity index (χ1v) is 7.72. The van der Waals surface area contributed by atoms with Crippen molar-refractivity contribution in [2.75, 3.05) is 13.7 Å². The van der Waals surface area contributed by atoms with Crippen LogP contribution in [-0.2, 0) is 16.1 Å². The Morgan fingerprint density at radius 1 is 1.38 bits per heavy atom. The average molecular weight is 290 g/mol. The maximum absolute atomic E-state index is 12.6. The minimum absolute atomic E-state index is 0.135. The lowest BCUT2D eigenvalue weighted by molar-refractivity contribution is -0.136. The predicted molar refractivity (Wildman–Crippen MR) is 83.6 cm³/mol. The van der Waals surface area contributed by atoms with E-state index in [1.807, 2.05) is 23.1 Å². The molecule has 0 aromatic heterocycles. The van der Waals surface area contributed by atoms with Gasteiger partial charge in [-0.05, 0) is 31.2 Å². The van der Waals surface area contributed by atoms with Crippen molar-refractivity contribution >= 4 is 5.91 Å². The topological polar surface area (TPSA) is 55.6 Å². The maximum Gasteiger partial charge on any atom is 0.225 e. The molecule has 4 nitrogen and oxygen atoms in total. The van der Waals surface area contributed by atoms with Gasteiger partial charge in [0, 0.05) is 26.2 Å². The minimum Gasteiger partial charge on any atom is -0.380 e. The smallest absolute Gasteiger partial charge is 0.225 e. The number of hydrogen-bond acceptors (Lipinski definition) is 3. The molecule has 0 bridgehead atoms. The molecule has 2 N–H and O–H groups in total. The highest BCUT2D eigenvalue weighted by atomic mass is 16.5. The van der Waals surface area contributed by atoms with Crippen LogP contribution in [0.3, 0.4) is 0 Å². The molecular formula is C17H26N2O2. The summed E-state index contributed by atoms with van der Waals surface area (Å²) in [6.07, 6.45) is 2.62. The maximum atomic E-state index is 12.6. The summed E-state index contributed by atoms with van der Waals surface area (Å²) in [5.74, 6) is 0.784. The Morgan fingerprint density at radius 2 is 2.05 bits per heavy atom. The molecule has 116 valence electrons. The summed E-state index contributed by atoms with van der Waals surface area (Å²) in [6.45, 7) is 3.19. The van der Waals surface area contributed by atoms with Gasteiger partial charge in [-0.1, -0.05) is 30.3 Å². The molecule has 1 aromatic carbocycles. The van der Waals surface area contributed by atoms with E-state index < -0.39 is 0 Å². The van der Waals surface area contributed by atoms with Crippen molar-refractivity contribution in [2.24, 2.45) is 11.7 Å². The Balaban J connectivity index is 2.06. The first kappa shape index (κ1) is 16.0. The van der Waals surface area contributed by atoms with Gasteiger partial charge in [-0.25, -0.2) is 0 Å². The molecule has 1 saturated carbocycles. The van der Waals surface area contributed by atoms with Crippen LogP contribution in [0, 0.1) is 5.92 Å². The average Bonchev–Trinajstić information content (AvgIpc) is 3.35. The summed E-state index contributed by atoms with van der Waals surface area (Å²) < 4.78 is 5.25. The monoisotopic (exact) mass is 290 g/mol. The molecule has 2 atom stereocenters. The Bertz CT molecular complexity index is 441. The van der Waals surface area contributed by atoms with Gasteiger partial charge in [0.2, 0.25) is 5.91 Å². The van der Waals surface area contributed by atoms with Crippen molar-refractivity contribution in [3.05, 3.63) is 35.9 Å². The van der Waals surface area contributed by atoms with E-state index in [1.54, 1.807) is 7.11 Å². The van der Waals surface area contributed by atoms with Crippen molar-refractivity contribution in [3.63, 3.8) is 0 Å². The van der Waals surface area contributed by atoms with Crippen LogP contribution in [-0.4, -0.2) is 36.6 Å². The van der Waals surface area contributed by atoms with E-state index in [2.05, 4.69) is 19.1 Å². The first-order valence-electron chi connectivity index (χ1n) is 7.72. The second-order valence-electron chi connectivity index (χ2n) is 5.88. The summed E-state index contributed by atoms with van der Waals surface area (Å²) in [6, 6.07) is 10.4. The third-order valence-electron chi connectivity index (χ3n) is 4.31. The molecular weight excluding hydrogens is 264 g/mol. The number of carbonyl (C=O) groups is 1. The predicted octanol–water partition coefficient (Wildman–Crippen LogP) is 2.18. The number of benzene rings is 1. The van der Waals surface area contributed by atoms with Crippen LogP contribution >= 0.6 is 0 Å². The molecule has 0 radical (unpaired) electrons. The summed E-state index contributed by atoms with van der Waals surface area (Å²) in [7, 11) is 1.61. The molecule has 2 unspecified atom stereocenters. The zero-order valence-corrected chi connectivity index (χ0v) is 13.0. The molecule has 0 saturated heterocycles. The van der Waals surface area contributed by atoms with Crippen LogP contribution in [0.25, 0.3) is 0 Å². The largest absolute Gasteiger partial charge is 0.380 e. The van der Waals surface area contributed by atoms with Crippen molar-refractivity contribution in [2.45, 2.75) is 44.9 Å². The number of amides is 1. The fourth-order valence-corrected chi connectivity index (χ4v) is 2.65. The summed E-state index contributed by atoms with van der Waals surface area (Å²) in [5, 5.41) is 0. The Hall–Kier alpha value is -1.39. The third kappa shape index (κ3) is 4.55. The molecule has 1 fully saturated rings. The van der Waals surface area contributed by atoms with E-state index in [0.29, 0.717) is 25.4 Å². The number of hydrogen-bond donors (Lipinski definition) is 1. The number of rotatable bonds is 8. The highest BCUT2D eigenvalue weighted by Crippen LogP contribution is 2.36. The number of methoxy groups -OCH3 is 1. The molecule has 21 heavy (non-hydrogen) atoms. The number of nitrogens with zero attached hydrogens (tertiary/aromatic N) is 1. The lowest BCUT2D eigenvalue weighted by Crippen LogP contribution is -2.42. The Morgan fingerprint density at radius 3 is 2.57 bits per heavy atom. The summed E-state index contributed by atoms with van der Waals surface area (Å²) >= 11 is 0. The lowest BCUT2D eigenvalue weighted by atomic mass is 10.1. The third-order valence-corrected chi connectivity index (χ3v) is 4.31. The first-order chi connectivity index (χ1) is 10.2. The molecule has 1 aliphatic rings. The minimum atomic E-state index is -0.192. The molecule has 4 heteroatoms. The van der Waals surface area contributed by atoms with Gasteiger partial charge in [0.1, 0.15) is 0 Å². The second-order valence-corrected chi connectivity index (χ2v) is 5.88. The molecule has 0 aliphatic heterocycles. The zero-order valence-electron chi connectivity index (χ0n) is 13.0. The van der Waals surface area contributed by atoms with Crippen LogP contribution in [0.5, 0.6) is 0 Å². The molecule has 0 heterocycles. The standard InChI is InChI=1S/C17H26N2O2/c1-13(15-8-9-15)19(12-14-6-4-3-5-7-14)17(20)10-16(11-18)21-2/h3-7,13,15-16H,8-12,18H2,1-2H3. The van der Waals surface area contributed by atoms with E-state index in [1.165, 1.54) is 18.4 Å². The van der Waals surface area contributed by atoms with E-state index in [4.69, 9.17) is 10.5 Å². The molecule has 1 amide bonds. The number of ether oxygens (including phenoxy) is 1. The van der Waals surface area contributed by atoms with Gasteiger partial charge in [-0.2, -0.15) is 0 Å². The van der Waals surface area contributed by atoms with Crippen LogP contribution < -0.4 is 5.73 Å². The van der Waals surface area contributed by atoms with Gasteiger partial charge in [0.05, 0.1) is 12.5 Å². The quantitative estimate of drug-likeness (QED) is 0.798. The fourth-order valence-electron chi connectivity index (χ4n) is 2.65. The highest BCUT2D eigenvalue weighted by molar-refractivity contribution is 5.77. The van der Waals surface area contributed by atoms with Crippen molar-refractivity contribution in [1.82, 2.24) is 4.90 Å². The molecule has 1 aromatic rings. The summed E-state index contributed by atoms with van der Waals surface area (Å²) in [5.41, 5.74) is 6.80. The normalized spacial score (nSPS) is 17.3. The second kappa shape index (κ2) is 7.57. The molecule has 2 rings (SSSR count). The Labute approximate surface area is 127 Å². The van der Waals surface area contributed by atoms with E-state index >= 15 is 0 Å². The Kier molecular flexibility index (Phi) is 5.76. The van der Waals surface area contributed by atoms with Gasteiger partial charge in [0.15, 0.2) is 0 Å². The van der Waals surface area contributed by atoms with Crippen LogP contribution in [0.15, 0.2) is 30.3 Å². The van der Waals surface area contributed by atoms with Gasteiger partial charge in [-0.3, -0.25) is 4.79 Å². The van der Waals surface area contributed by atoms with Crippen LogP contribution in [0.4, 0.5) is 0 Å². The van der Waals surface area contributed by atoms with Crippen LogP contribution in [0.1, 0.15) is 31.7 Å². The lowest BCUT2D eigenvalue weighted by Gasteiger charge is -2.31. The van der Waals surface area contributed by atoms with Crippen LogP contribution in [0.2, 0.25) is 0 Å². The summed E-state index contributed by atoms with van der Waals surface area (Å²) in [4.78, 5) is 14.6. The van der Waals surface area contributed by atoms with Crippen molar-refractivity contribution < 1.29 is 9.53 Å². The van der Waals surface area contributed by atoms with Gasteiger partial charge >= 0.3 is 0 Å². The van der Waals surface area contributed by atoms with Gasteiger partial charge < -0.3 is 15.4 Å². The highest BCUT2D eigenvalue weighted by Gasteiger charge is 2.34. The molecule has 0 spiro atoms. The number of carbonyl (C=O) groups excluding carboxylic acids is 1. The van der Waals surface area contributed by atoms with Crippen molar-refractivity contribution in [3.8, 4) is 0 Å². The van der Waals surface area contributed by atoms with E-state index in [-0.39, 0.29) is 18.1 Å².